The minimum absolute atomic E-state index is 0.186. The summed E-state index contributed by atoms with van der Waals surface area (Å²) in [5, 5.41) is 7.79. The molecule has 0 aliphatic carbocycles. The topological polar surface area (TPSA) is 98.8 Å². The summed E-state index contributed by atoms with van der Waals surface area (Å²) < 4.78 is 22.7. The third-order valence-corrected chi connectivity index (χ3v) is 4.68. The van der Waals surface area contributed by atoms with E-state index in [2.05, 4.69) is 15.2 Å². The van der Waals surface area contributed by atoms with Crippen LogP contribution in [-0.2, 0) is 16.3 Å². The molecule has 1 saturated heterocycles. The Hall–Kier alpha value is -1.08. The first-order valence-corrected chi connectivity index (χ1v) is 7.52. The van der Waals surface area contributed by atoms with Gasteiger partial charge >= 0.3 is 0 Å². The van der Waals surface area contributed by atoms with Crippen molar-refractivity contribution < 1.29 is 8.42 Å². The van der Waals surface area contributed by atoms with E-state index in [-0.39, 0.29) is 17.4 Å². The van der Waals surface area contributed by atoms with Crippen LogP contribution in [0.15, 0.2) is 6.20 Å². The average Bonchev–Trinajstić information content (AvgIpc) is 2.30. The molecule has 1 aliphatic rings. The molecule has 1 aromatic rings. The van der Waals surface area contributed by atoms with Crippen molar-refractivity contribution in [3.63, 3.8) is 0 Å². The van der Waals surface area contributed by atoms with Gasteiger partial charge in [-0.25, -0.2) is 13.4 Å². The number of hydrogen-bond donors (Lipinski definition) is 1. The van der Waals surface area contributed by atoms with Gasteiger partial charge in [0.1, 0.15) is 9.84 Å². The molecule has 0 unspecified atom stereocenters. The maximum Gasteiger partial charge on any atom is 0.152 e. The van der Waals surface area contributed by atoms with Gasteiger partial charge in [0.15, 0.2) is 5.82 Å². The van der Waals surface area contributed by atoms with Crippen molar-refractivity contribution in [1.82, 2.24) is 15.2 Å². The van der Waals surface area contributed by atoms with Gasteiger partial charge in [-0.3, -0.25) is 0 Å². The Morgan fingerprint density at radius 2 is 2.06 bits per heavy atom. The number of nitrogens with two attached hydrogens (primary N) is 1. The molecule has 0 radical (unpaired) electrons. The Bertz CT molecular complexity index is 475. The molecule has 7 heteroatoms. The lowest BCUT2D eigenvalue weighted by atomic mass is 9.99. The maximum atomic E-state index is 11.3. The Kier molecular flexibility index (Phi) is 3.68. The van der Waals surface area contributed by atoms with E-state index in [0.29, 0.717) is 31.6 Å². The van der Waals surface area contributed by atoms with E-state index in [0.717, 1.165) is 5.69 Å². The first-order chi connectivity index (χ1) is 8.11. The zero-order valence-electron chi connectivity index (χ0n) is 9.54. The van der Waals surface area contributed by atoms with Crippen LogP contribution in [0.4, 0.5) is 0 Å². The molecule has 2 heterocycles. The minimum Gasteiger partial charge on any atom is -0.330 e. The van der Waals surface area contributed by atoms with Gasteiger partial charge in [-0.05, 0) is 19.4 Å². The van der Waals surface area contributed by atoms with Gasteiger partial charge in [-0.1, -0.05) is 0 Å². The average molecular weight is 256 g/mol. The van der Waals surface area contributed by atoms with E-state index in [1.54, 1.807) is 6.20 Å². The van der Waals surface area contributed by atoms with E-state index < -0.39 is 9.84 Å². The second-order valence-electron chi connectivity index (χ2n) is 4.26. The van der Waals surface area contributed by atoms with Crippen LogP contribution < -0.4 is 5.73 Å². The van der Waals surface area contributed by atoms with E-state index in [9.17, 15) is 8.42 Å². The molecule has 0 aromatic carbocycles. The lowest BCUT2D eigenvalue weighted by Gasteiger charge is -2.21. The molecule has 0 bridgehead atoms. The van der Waals surface area contributed by atoms with E-state index in [1.165, 1.54) is 0 Å². The van der Waals surface area contributed by atoms with Crippen LogP contribution in [0.5, 0.6) is 0 Å². The quantitative estimate of drug-likeness (QED) is 0.794. The lowest BCUT2D eigenvalue weighted by Crippen LogP contribution is -2.23. The molecule has 0 amide bonds. The molecule has 1 aromatic heterocycles. The molecule has 0 saturated carbocycles. The third kappa shape index (κ3) is 3.19. The van der Waals surface area contributed by atoms with E-state index in [1.807, 2.05) is 0 Å². The summed E-state index contributed by atoms with van der Waals surface area (Å²) in [6, 6.07) is 0. The van der Waals surface area contributed by atoms with Crippen LogP contribution in [-0.4, -0.2) is 41.6 Å². The van der Waals surface area contributed by atoms with Gasteiger partial charge in [0.2, 0.25) is 0 Å². The van der Waals surface area contributed by atoms with Gasteiger partial charge in [0.05, 0.1) is 23.4 Å². The summed E-state index contributed by atoms with van der Waals surface area (Å²) in [7, 11) is -2.83. The van der Waals surface area contributed by atoms with Crippen molar-refractivity contribution in [2.45, 2.75) is 25.2 Å². The smallest absolute Gasteiger partial charge is 0.152 e. The number of hydrogen-bond acceptors (Lipinski definition) is 6. The van der Waals surface area contributed by atoms with Crippen LogP contribution in [0.2, 0.25) is 0 Å². The second-order valence-corrected chi connectivity index (χ2v) is 6.57. The van der Waals surface area contributed by atoms with Crippen LogP contribution >= 0.6 is 0 Å². The zero-order chi connectivity index (χ0) is 12.3. The SMILES string of the molecule is NCCc1nncc(C2CCS(=O)(=O)CC2)n1. The molecular formula is C10H16N4O2S. The summed E-state index contributed by atoms with van der Waals surface area (Å²) in [5.74, 6) is 1.31. The normalized spacial score (nSPS) is 20.3. The second kappa shape index (κ2) is 5.05. The van der Waals surface area contributed by atoms with Crippen LogP contribution in [0.3, 0.4) is 0 Å². The summed E-state index contributed by atoms with van der Waals surface area (Å²) >= 11 is 0. The minimum atomic E-state index is -2.83. The molecule has 0 spiro atoms. The highest BCUT2D eigenvalue weighted by Gasteiger charge is 2.25. The van der Waals surface area contributed by atoms with Crippen molar-refractivity contribution in [1.29, 1.82) is 0 Å². The molecular weight excluding hydrogens is 240 g/mol. The molecule has 94 valence electrons. The van der Waals surface area contributed by atoms with Gasteiger partial charge < -0.3 is 5.73 Å². The number of rotatable bonds is 3. The Balaban J connectivity index is 2.10. The van der Waals surface area contributed by atoms with Gasteiger partial charge in [0.25, 0.3) is 0 Å². The van der Waals surface area contributed by atoms with Gasteiger partial charge in [-0.2, -0.15) is 5.10 Å². The van der Waals surface area contributed by atoms with Crippen LogP contribution in [0, 0.1) is 0 Å². The van der Waals surface area contributed by atoms with E-state index in [4.69, 9.17) is 5.73 Å². The maximum absolute atomic E-state index is 11.3. The van der Waals surface area contributed by atoms with Crippen molar-refractivity contribution in [2.75, 3.05) is 18.1 Å². The summed E-state index contributed by atoms with van der Waals surface area (Å²) in [6.07, 6.45) is 3.49. The molecule has 2 rings (SSSR count). The Labute approximate surface area is 101 Å². The standard InChI is InChI=1S/C10H16N4O2S/c11-4-1-10-13-9(7-12-14-10)8-2-5-17(15,16)6-3-8/h7-8H,1-6,11H2. The van der Waals surface area contributed by atoms with Crippen LogP contribution in [0.1, 0.15) is 30.3 Å². The molecule has 0 atom stereocenters. The third-order valence-electron chi connectivity index (χ3n) is 2.96. The summed E-state index contributed by atoms with van der Waals surface area (Å²) in [5.41, 5.74) is 6.28. The van der Waals surface area contributed by atoms with Gasteiger partial charge in [-0.15, -0.1) is 5.10 Å². The summed E-state index contributed by atoms with van der Waals surface area (Å²) in [6.45, 7) is 0.490. The van der Waals surface area contributed by atoms with Crippen LogP contribution in [0.25, 0.3) is 0 Å². The Morgan fingerprint density at radius 1 is 1.35 bits per heavy atom. The largest absolute Gasteiger partial charge is 0.330 e. The Morgan fingerprint density at radius 3 is 2.71 bits per heavy atom. The van der Waals surface area contributed by atoms with Crippen molar-refractivity contribution in [2.24, 2.45) is 5.73 Å². The number of sulfone groups is 1. The molecule has 2 N–H and O–H groups in total. The lowest BCUT2D eigenvalue weighted by molar-refractivity contribution is 0.540. The molecule has 1 fully saturated rings. The highest BCUT2D eigenvalue weighted by atomic mass is 32.2. The van der Waals surface area contributed by atoms with Crippen molar-refractivity contribution in [3.05, 3.63) is 17.7 Å². The summed E-state index contributed by atoms with van der Waals surface area (Å²) in [4.78, 5) is 4.39. The number of nitrogens with zero attached hydrogens (tertiary/aromatic N) is 3. The first-order valence-electron chi connectivity index (χ1n) is 5.70. The first kappa shape index (κ1) is 12.4. The highest BCUT2D eigenvalue weighted by molar-refractivity contribution is 7.91. The predicted octanol–water partition coefficient (Wildman–Crippen LogP) is -0.335. The monoisotopic (exact) mass is 256 g/mol. The fraction of sp³-hybridized carbons (Fsp3) is 0.700. The molecule has 6 nitrogen and oxygen atoms in total. The van der Waals surface area contributed by atoms with Crippen molar-refractivity contribution in [3.8, 4) is 0 Å². The van der Waals surface area contributed by atoms with Crippen molar-refractivity contribution >= 4 is 9.84 Å². The molecule has 17 heavy (non-hydrogen) atoms. The zero-order valence-corrected chi connectivity index (χ0v) is 10.4. The number of aromatic nitrogens is 3. The predicted molar refractivity (Wildman–Crippen MR) is 63.2 cm³/mol. The van der Waals surface area contributed by atoms with E-state index >= 15 is 0 Å². The molecule has 1 aliphatic heterocycles. The van der Waals surface area contributed by atoms with Gasteiger partial charge in [0, 0.05) is 12.3 Å². The fourth-order valence-corrected chi connectivity index (χ4v) is 3.46. The highest BCUT2D eigenvalue weighted by Crippen LogP contribution is 2.27. The fourth-order valence-electron chi connectivity index (χ4n) is 1.97.